The van der Waals surface area contributed by atoms with Gasteiger partial charge in [-0.3, -0.25) is 4.79 Å². The molecule has 0 aromatic carbocycles. The molecule has 0 saturated heterocycles. The molecule has 0 amide bonds. The Kier molecular flexibility index (Phi) is 5.40. The Morgan fingerprint density at radius 2 is 2.20 bits per heavy atom. The molecular weight excluding hydrogens is 144 g/mol. The van der Waals surface area contributed by atoms with Gasteiger partial charge in [0.05, 0.1) is 0 Å². The first-order valence-electron chi connectivity index (χ1n) is 3.46. The standard InChI is InChI=1S/C8H14OS/c1-4-5-10-8(9)6-7(2)3/h2,4-6H2,1,3H3. The van der Waals surface area contributed by atoms with Crippen LogP contribution in [0.15, 0.2) is 12.2 Å². The molecule has 0 aliphatic carbocycles. The molecular formula is C8H14OS. The van der Waals surface area contributed by atoms with E-state index in [0.29, 0.717) is 6.42 Å². The van der Waals surface area contributed by atoms with Crippen LogP contribution in [0.25, 0.3) is 0 Å². The monoisotopic (exact) mass is 158 g/mol. The average Bonchev–Trinajstić information content (AvgIpc) is 1.82. The molecule has 0 aliphatic heterocycles. The van der Waals surface area contributed by atoms with Crippen molar-refractivity contribution < 1.29 is 4.79 Å². The minimum atomic E-state index is 0.245. The predicted octanol–water partition coefficient (Wildman–Crippen LogP) is 2.62. The third-order valence-corrected chi connectivity index (χ3v) is 1.99. The van der Waals surface area contributed by atoms with Crippen LogP contribution in [0.5, 0.6) is 0 Å². The minimum Gasteiger partial charge on any atom is -0.287 e. The van der Waals surface area contributed by atoms with Crippen molar-refractivity contribution in [2.45, 2.75) is 26.7 Å². The second kappa shape index (κ2) is 5.54. The molecule has 58 valence electrons. The van der Waals surface area contributed by atoms with Crippen molar-refractivity contribution >= 4 is 16.9 Å². The zero-order valence-corrected chi connectivity index (χ0v) is 7.46. The van der Waals surface area contributed by atoms with Crippen molar-refractivity contribution in [1.29, 1.82) is 0 Å². The summed E-state index contributed by atoms with van der Waals surface area (Å²) in [6.45, 7) is 7.62. The summed E-state index contributed by atoms with van der Waals surface area (Å²) < 4.78 is 0. The van der Waals surface area contributed by atoms with Crippen molar-refractivity contribution in [2.24, 2.45) is 0 Å². The van der Waals surface area contributed by atoms with Gasteiger partial charge in [-0.05, 0) is 13.3 Å². The van der Waals surface area contributed by atoms with E-state index < -0.39 is 0 Å². The van der Waals surface area contributed by atoms with Gasteiger partial charge in [0.25, 0.3) is 0 Å². The van der Waals surface area contributed by atoms with Gasteiger partial charge in [-0.2, -0.15) is 0 Å². The quantitative estimate of drug-likeness (QED) is 0.585. The van der Waals surface area contributed by atoms with Crippen LogP contribution in [-0.4, -0.2) is 10.9 Å². The van der Waals surface area contributed by atoms with E-state index in [9.17, 15) is 4.79 Å². The first-order chi connectivity index (χ1) is 4.66. The van der Waals surface area contributed by atoms with Gasteiger partial charge in [-0.25, -0.2) is 0 Å². The Morgan fingerprint density at radius 1 is 1.60 bits per heavy atom. The molecule has 0 unspecified atom stereocenters. The topological polar surface area (TPSA) is 17.1 Å². The van der Waals surface area contributed by atoms with Crippen LogP contribution in [-0.2, 0) is 4.79 Å². The van der Waals surface area contributed by atoms with E-state index in [1.807, 2.05) is 6.92 Å². The number of hydrogen-bond acceptors (Lipinski definition) is 2. The predicted molar refractivity (Wildman–Crippen MR) is 47.2 cm³/mol. The van der Waals surface area contributed by atoms with Gasteiger partial charge >= 0.3 is 0 Å². The Balaban J connectivity index is 3.35. The van der Waals surface area contributed by atoms with E-state index in [4.69, 9.17) is 0 Å². The largest absolute Gasteiger partial charge is 0.287 e. The Bertz CT molecular complexity index is 129. The lowest BCUT2D eigenvalue weighted by atomic mass is 10.3. The summed E-state index contributed by atoms with van der Waals surface area (Å²) in [5, 5.41) is 0.245. The second-order valence-corrected chi connectivity index (χ2v) is 3.51. The number of rotatable bonds is 4. The van der Waals surface area contributed by atoms with Gasteiger partial charge in [-0.1, -0.05) is 30.8 Å². The van der Waals surface area contributed by atoms with Gasteiger partial charge in [0, 0.05) is 12.2 Å². The van der Waals surface area contributed by atoms with Crippen molar-refractivity contribution in [3.05, 3.63) is 12.2 Å². The summed E-state index contributed by atoms with van der Waals surface area (Å²) in [6.07, 6.45) is 1.59. The summed E-state index contributed by atoms with van der Waals surface area (Å²) in [5.41, 5.74) is 0.952. The van der Waals surface area contributed by atoms with Crippen LogP contribution in [0.3, 0.4) is 0 Å². The summed E-state index contributed by atoms with van der Waals surface area (Å²) in [7, 11) is 0. The molecule has 0 fully saturated rings. The summed E-state index contributed by atoms with van der Waals surface area (Å²) in [6, 6.07) is 0. The fourth-order valence-corrected chi connectivity index (χ4v) is 1.29. The maximum absolute atomic E-state index is 10.9. The van der Waals surface area contributed by atoms with Crippen LogP contribution >= 0.6 is 11.8 Å². The van der Waals surface area contributed by atoms with Gasteiger partial charge in [0.2, 0.25) is 0 Å². The number of hydrogen-bond donors (Lipinski definition) is 0. The molecule has 0 N–H and O–H groups in total. The normalized spacial score (nSPS) is 9.40. The van der Waals surface area contributed by atoms with Crippen LogP contribution < -0.4 is 0 Å². The molecule has 0 rings (SSSR count). The van der Waals surface area contributed by atoms with E-state index >= 15 is 0 Å². The molecule has 1 nitrogen and oxygen atoms in total. The SMILES string of the molecule is C=C(C)CC(=O)SCCC. The van der Waals surface area contributed by atoms with E-state index in [0.717, 1.165) is 17.7 Å². The van der Waals surface area contributed by atoms with Gasteiger partial charge in [0.15, 0.2) is 5.12 Å². The summed E-state index contributed by atoms with van der Waals surface area (Å²) in [5.74, 6) is 0.937. The summed E-state index contributed by atoms with van der Waals surface area (Å²) in [4.78, 5) is 10.9. The third-order valence-electron chi connectivity index (χ3n) is 0.913. The fourth-order valence-electron chi connectivity index (χ4n) is 0.513. The van der Waals surface area contributed by atoms with E-state index in [2.05, 4.69) is 13.5 Å². The molecule has 0 atom stereocenters. The molecule has 0 bridgehead atoms. The highest BCUT2D eigenvalue weighted by Gasteiger charge is 2.00. The van der Waals surface area contributed by atoms with Crippen molar-refractivity contribution in [1.82, 2.24) is 0 Å². The van der Waals surface area contributed by atoms with Crippen LogP contribution in [0.4, 0.5) is 0 Å². The maximum atomic E-state index is 10.9. The highest BCUT2D eigenvalue weighted by molar-refractivity contribution is 8.13. The zero-order chi connectivity index (χ0) is 7.98. The van der Waals surface area contributed by atoms with Gasteiger partial charge < -0.3 is 0 Å². The van der Waals surface area contributed by atoms with Crippen LogP contribution in [0.2, 0.25) is 0 Å². The molecule has 2 heteroatoms. The minimum absolute atomic E-state index is 0.245. The molecule has 0 aromatic heterocycles. The fraction of sp³-hybridized carbons (Fsp3) is 0.625. The average molecular weight is 158 g/mol. The lowest BCUT2D eigenvalue weighted by Gasteiger charge is -1.96. The lowest BCUT2D eigenvalue weighted by Crippen LogP contribution is -1.92. The zero-order valence-electron chi connectivity index (χ0n) is 6.64. The Morgan fingerprint density at radius 3 is 2.60 bits per heavy atom. The number of thioether (sulfide) groups is 1. The van der Waals surface area contributed by atoms with E-state index in [1.54, 1.807) is 0 Å². The molecule has 10 heavy (non-hydrogen) atoms. The van der Waals surface area contributed by atoms with E-state index in [-0.39, 0.29) is 5.12 Å². The van der Waals surface area contributed by atoms with Crippen molar-refractivity contribution in [3.8, 4) is 0 Å². The Labute approximate surface area is 66.9 Å². The lowest BCUT2D eigenvalue weighted by molar-refractivity contribution is -0.110. The smallest absolute Gasteiger partial charge is 0.192 e. The van der Waals surface area contributed by atoms with Gasteiger partial charge in [-0.15, -0.1) is 0 Å². The van der Waals surface area contributed by atoms with Crippen LogP contribution in [0.1, 0.15) is 26.7 Å². The van der Waals surface area contributed by atoms with Gasteiger partial charge in [0.1, 0.15) is 0 Å². The molecule has 0 aromatic rings. The summed E-state index contributed by atoms with van der Waals surface area (Å²) >= 11 is 1.40. The van der Waals surface area contributed by atoms with Crippen LogP contribution in [0, 0.1) is 0 Å². The van der Waals surface area contributed by atoms with Crippen molar-refractivity contribution in [3.63, 3.8) is 0 Å². The molecule has 0 saturated carbocycles. The van der Waals surface area contributed by atoms with E-state index in [1.165, 1.54) is 11.8 Å². The highest BCUT2D eigenvalue weighted by Crippen LogP contribution is 2.10. The van der Waals surface area contributed by atoms with Crippen molar-refractivity contribution in [2.75, 3.05) is 5.75 Å². The first kappa shape index (κ1) is 9.76. The molecule has 0 spiro atoms. The number of carbonyl (C=O) groups excluding carboxylic acids is 1. The molecule has 0 radical (unpaired) electrons. The maximum Gasteiger partial charge on any atom is 0.192 e. The number of carbonyl (C=O) groups is 1. The molecule has 0 heterocycles. The second-order valence-electron chi connectivity index (χ2n) is 2.35. The first-order valence-corrected chi connectivity index (χ1v) is 4.45. The highest BCUT2D eigenvalue weighted by atomic mass is 32.2. The number of allylic oxidation sites excluding steroid dienone is 1. The molecule has 0 aliphatic rings. The Hall–Kier alpha value is -0.240. The third kappa shape index (κ3) is 5.89.